The molecule has 644 valence electrons. The maximum atomic E-state index is 14.7. The van der Waals surface area contributed by atoms with E-state index in [1.54, 1.807) is 34.8 Å². The molecule has 0 unspecified atom stereocenters. The topological polar surface area (TPSA) is 160 Å². The highest BCUT2D eigenvalue weighted by molar-refractivity contribution is 7.27. The molecular formula is C111H60Cl3F5N12OS3. The molecule has 0 atom stereocenters. The van der Waals surface area contributed by atoms with Crippen molar-refractivity contribution >= 4 is 162 Å². The van der Waals surface area contributed by atoms with Gasteiger partial charge in [0.2, 0.25) is 27.4 Å². The number of fused-ring (bicyclic) bond motifs is 13. The lowest BCUT2D eigenvalue weighted by atomic mass is 9.96. The maximum Gasteiger partial charge on any atom is 0.230 e. The van der Waals surface area contributed by atoms with Gasteiger partial charge in [-0.05, 0) is 175 Å². The molecule has 0 amide bonds. The van der Waals surface area contributed by atoms with E-state index in [-0.39, 0.29) is 16.4 Å². The number of para-hydroxylation sites is 1. The molecule has 0 aliphatic rings. The Labute approximate surface area is 792 Å². The number of thiophene rings is 3. The predicted octanol–water partition coefficient (Wildman–Crippen LogP) is 32.0. The monoisotopic (exact) mass is 1870 g/mol. The van der Waals surface area contributed by atoms with E-state index in [9.17, 15) is 22.0 Å². The second-order valence-corrected chi connectivity index (χ2v) is 36.0. The zero-order valence-electron chi connectivity index (χ0n) is 70.2. The van der Waals surface area contributed by atoms with Crippen molar-refractivity contribution in [3.63, 3.8) is 0 Å². The van der Waals surface area contributed by atoms with Crippen molar-refractivity contribution in [2.45, 2.75) is 0 Å². The Balaban J connectivity index is 0.000000114. The first-order chi connectivity index (χ1) is 66.2. The molecule has 9 aromatic heterocycles. The van der Waals surface area contributed by atoms with Gasteiger partial charge in [-0.1, -0.05) is 267 Å². The summed E-state index contributed by atoms with van der Waals surface area (Å²) < 4.78 is 85.6. The van der Waals surface area contributed by atoms with Crippen LogP contribution in [0.1, 0.15) is 0 Å². The van der Waals surface area contributed by atoms with Gasteiger partial charge in [0.15, 0.2) is 64.0 Å². The number of hydrogen-bond donors (Lipinski definition) is 0. The molecule has 0 spiro atoms. The number of furan rings is 1. The van der Waals surface area contributed by atoms with E-state index < -0.39 is 45.8 Å². The summed E-state index contributed by atoms with van der Waals surface area (Å²) in [5, 5.41) is 10.4. The normalized spacial score (nSPS) is 11.6. The summed E-state index contributed by atoms with van der Waals surface area (Å²) in [6.45, 7) is 0. The fourth-order valence-corrected chi connectivity index (χ4v) is 21.5. The average molecular weight is 1880 g/mol. The van der Waals surface area contributed by atoms with Crippen molar-refractivity contribution in [1.29, 1.82) is 0 Å². The third-order valence-electron chi connectivity index (χ3n) is 23.7. The minimum Gasteiger partial charge on any atom is -0.438 e. The van der Waals surface area contributed by atoms with Gasteiger partial charge >= 0.3 is 0 Å². The molecule has 0 aliphatic heterocycles. The molecule has 0 saturated carbocycles. The van der Waals surface area contributed by atoms with Crippen molar-refractivity contribution in [2.75, 3.05) is 0 Å². The SMILES string of the molecule is Clc1nc(-c2ccccc2)nc(-c2cc(-c3ccccc3)cc3c2sc2c(-c4cccc(-c5ccccc5)c4)cccc23)n1.Clc1nc(-c2ccccc2)nc(-c2cccc3c2sc2ccc(-c4ncc5c(n4)oc4ccc(-c6ccccc6)cc45)cc23)n1.Fc1c(F)c(F)c(-c2nc(Cl)nc(-c3cccc4c3sc3ccc(-c5ccccc5-n5cc6ccccc6c5)cc34)n2)c(F)c1F. The second-order valence-electron chi connectivity index (χ2n) is 31.8. The first-order valence-corrected chi connectivity index (χ1v) is 46.2. The largest absolute Gasteiger partial charge is 0.438 e. The van der Waals surface area contributed by atoms with E-state index in [0.29, 0.717) is 40.4 Å². The van der Waals surface area contributed by atoms with Gasteiger partial charge in [-0.3, -0.25) is 0 Å². The lowest BCUT2D eigenvalue weighted by Gasteiger charge is -2.11. The number of rotatable bonds is 13. The fourth-order valence-electron chi connectivity index (χ4n) is 17.3. The van der Waals surface area contributed by atoms with Crippen LogP contribution in [0.2, 0.25) is 15.9 Å². The van der Waals surface area contributed by atoms with Crippen LogP contribution in [0.5, 0.6) is 0 Å². The van der Waals surface area contributed by atoms with E-state index in [1.807, 2.05) is 152 Å². The molecule has 25 aromatic rings. The molecule has 135 heavy (non-hydrogen) atoms. The molecule has 0 radical (unpaired) electrons. The number of benzene rings is 16. The molecule has 24 heteroatoms. The molecule has 16 aromatic carbocycles. The van der Waals surface area contributed by atoms with Crippen molar-refractivity contribution < 1.29 is 26.4 Å². The predicted molar refractivity (Wildman–Crippen MR) is 538 cm³/mol. The molecule has 9 heterocycles. The number of nitrogens with zero attached hydrogens (tertiary/aromatic N) is 12. The molecule has 0 bridgehead atoms. The summed E-state index contributed by atoms with van der Waals surface area (Å²) >= 11 is 24.0. The molecule has 0 saturated heterocycles. The van der Waals surface area contributed by atoms with Crippen molar-refractivity contribution in [3.05, 3.63) is 409 Å². The molecular weight excluding hydrogens is 1810 g/mol. The summed E-state index contributed by atoms with van der Waals surface area (Å²) in [5.41, 5.74) is 17.4. The third-order valence-corrected chi connectivity index (χ3v) is 27.9. The number of halogens is 8. The van der Waals surface area contributed by atoms with Crippen LogP contribution in [-0.2, 0) is 0 Å². The van der Waals surface area contributed by atoms with Crippen molar-refractivity contribution in [1.82, 2.24) is 59.4 Å². The Hall–Kier alpha value is -15.9. The lowest BCUT2D eigenvalue weighted by molar-refractivity contribution is 0.381. The Morgan fingerprint density at radius 3 is 1.21 bits per heavy atom. The highest BCUT2D eigenvalue weighted by atomic mass is 35.5. The second kappa shape index (κ2) is 35.0. The van der Waals surface area contributed by atoms with Gasteiger partial charge in [-0.2, -0.15) is 34.9 Å². The van der Waals surface area contributed by atoms with E-state index in [1.165, 1.54) is 49.1 Å². The average Bonchev–Trinajstić information content (AvgIpc) is 1.59. The minimum absolute atomic E-state index is 0.0821. The summed E-state index contributed by atoms with van der Waals surface area (Å²) in [7, 11) is 0. The Bertz CT molecular complexity index is 8970. The first kappa shape index (κ1) is 83.5. The molecule has 0 N–H and O–H groups in total. The highest BCUT2D eigenvalue weighted by Gasteiger charge is 2.31. The minimum atomic E-state index is -2.28. The smallest absolute Gasteiger partial charge is 0.230 e. The summed E-state index contributed by atoms with van der Waals surface area (Å²) in [5.74, 6) is -8.68. The molecule has 13 nitrogen and oxygen atoms in total. The highest BCUT2D eigenvalue weighted by Crippen LogP contribution is 2.49. The summed E-state index contributed by atoms with van der Waals surface area (Å²) in [4.78, 5) is 49.3. The van der Waals surface area contributed by atoms with Crippen molar-refractivity contribution in [3.8, 4) is 141 Å². The van der Waals surface area contributed by atoms with Gasteiger partial charge in [-0.25, -0.2) is 41.9 Å². The lowest BCUT2D eigenvalue weighted by Crippen LogP contribution is -2.07. The summed E-state index contributed by atoms with van der Waals surface area (Å²) in [6.07, 6.45) is 6.06. The van der Waals surface area contributed by atoms with Gasteiger partial charge in [0.25, 0.3) is 0 Å². The van der Waals surface area contributed by atoms with Gasteiger partial charge in [0.1, 0.15) is 5.58 Å². The third kappa shape index (κ3) is 15.7. The van der Waals surface area contributed by atoms with Crippen molar-refractivity contribution in [2.24, 2.45) is 0 Å². The number of aromatic nitrogens is 12. The van der Waals surface area contributed by atoms with Gasteiger partial charge in [-0.15, -0.1) is 34.0 Å². The standard InChI is InChI=1S/C39H24ClN3S.C37H20ClN5OS.C35H16ClF5N4S/c40-39-42-37(27-16-8-3-9-17-27)41-38(43-39)34-24-30(26-14-6-2-7-15-26)23-33-32-21-11-20-31(35(32)44-36(33)34)29-19-10-18-28(22-29)25-12-4-1-5-13-25;38-37-42-34(22-10-5-2-6-11-22)40-35(43-37)26-13-7-12-25-28-19-24(15-17-31(28)45-32(25)26)33-39-20-29-27-18-23(21-8-3-1-4-9-21)14-16-30(27)44-36(29)41-33;36-35-43-33(42-34(44-35)26-27(37)29(39)31(41)30(40)28(26)38)22-10-5-9-21-23-14-17(12-13-25(23)46-32(21)22)20-8-3-4-11-24(20)45-15-18-6-1-2-7-19(18)16-45/h1-24H;1-20H;1-16H. The Kier molecular flexibility index (Phi) is 21.7. The van der Waals surface area contributed by atoms with Crippen LogP contribution in [0.15, 0.2) is 369 Å². The van der Waals surface area contributed by atoms with Crippen LogP contribution in [0.4, 0.5) is 22.0 Å². The van der Waals surface area contributed by atoms with Crippen LogP contribution in [0.3, 0.4) is 0 Å². The van der Waals surface area contributed by atoms with Crippen LogP contribution in [-0.4, -0.2) is 59.4 Å². The van der Waals surface area contributed by atoms with E-state index in [2.05, 4.69) is 240 Å². The van der Waals surface area contributed by atoms with E-state index in [4.69, 9.17) is 59.2 Å². The van der Waals surface area contributed by atoms with Gasteiger partial charge < -0.3 is 8.98 Å². The molecule has 0 fully saturated rings. The number of hydrogen-bond acceptors (Lipinski definition) is 15. The first-order valence-electron chi connectivity index (χ1n) is 42.6. The summed E-state index contributed by atoms with van der Waals surface area (Å²) in [6, 6.07) is 117. The van der Waals surface area contributed by atoms with Crippen LogP contribution >= 0.6 is 68.8 Å². The van der Waals surface area contributed by atoms with Gasteiger partial charge in [0.05, 0.1) is 16.6 Å². The van der Waals surface area contributed by atoms with E-state index >= 15 is 0 Å². The maximum absolute atomic E-state index is 14.7. The quantitative estimate of drug-likeness (QED) is 0.0612. The van der Waals surface area contributed by atoms with Crippen LogP contribution < -0.4 is 0 Å². The van der Waals surface area contributed by atoms with Crippen LogP contribution in [0, 0.1) is 29.1 Å². The Morgan fingerprint density at radius 1 is 0.244 bits per heavy atom. The fraction of sp³-hybridized carbons (Fsp3) is 0. The zero-order chi connectivity index (χ0) is 91.1. The van der Waals surface area contributed by atoms with Gasteiger partial charge in [0, 0.05) is 123 Å². The molecule has 0 aliphatic carbocycles. The van der Waals surface area contributed by atoms with Crippen LogP contribution in [0.25, 0.3) is 234 Å². The van der Waals surface area contributed by atoms with E-state index in [0.717, 1.165) is 139 Å². The molecule has 25 rings (SSSR count). The Morgan fingerprint density at radius 2 is 0.637 bits per heavy atom. The zero-order valence-corrected chi connectivity index (χ0v) is 74.9.